The number of rotatable bonds is 3. The molecule has 0 saturated heterocycles. The number of hydrogen-bond donors (Lipinski definition) is 0. The molecule has 3 aromatic carbocycles. The molecule has 0 bridgehead atoms. The zero-order chi connectivity index (χ0) is 14.8. The standard InChI is InChI=1S/C20H16N2/c1-2-7-17(8-3-1)20(22-13-12-21-15-22)19-11-10-16-6-4-5-9-18(16)14-19/h1-15,20H. The van der Waals surface area contributed by atoms with Crippen LogP contribution in [0.2, 0.25) is 0 Å². The first-order valence-corrected chi connectivity index (χ1v) is 7.43. The minimum atomic E-state index is 0.147. The summed E-state index contributed by atoms with van der Waals surface area (Å²) in [6.45, 7) is 0. The van der Waals surface area contributed by atoms with Crippen LogP contribution in [0.5, 0.6) is 0 Å². The number of nitrogens with zero attached hydrogens (tertiary/aromatic N) is 2. The minimum absolute atomic E-state index is 0.147. The van der Waals surface area contributed by atoms with Crippen LogP contribution in [0.15, 0.2) is 91.5 Å². The molecule has 1 heterocycles. The molecule has 1 unspecified atom stereocenters. The molecule has 0 aliphatic carbocycles. The summed E-state index contributed by atoms with van der Waals surface area (Å²) in [6, 6.07) is 25.8. The molecule has 0 N–H and O–H groups in total. The summed E-state index contributed by atoms with van der Waals surface area (Å²) in [5.74, 6) is 0. The van der Waals surface area contributed by atoms with Crippen molar-refractivity contribution < 1.29 is 0 Å². The summed E-state index contributed by atoms with van der Waals surface area (Å²) in [6.07, 6.45) is 5.73. The van der Waals surface area contributed by atoms with Gasteiger partial charge in [0.05, 0.1) is 12.4 Å². The quantitative estimate of drug-likeness (QED) is 0.534. The van der Waals surface area contributed by atoms with Gasteiger partial charge in [-0.05, 0) is 28.0 Å². The first-order valence-electron chi connectivity index (χ1n) is 7.43. The summed E-state index contributed by atoms with van der Waals surface area (Å²) in [7, 11) is 0. The van der Waals surface area contributed by atoms with Crippen LogP contribution < -0.4 is 0 Å². The van der Waals surface area contributed by atoms with Gasteiger partial charge in [-0.25, -0.2) is 4.98 Å². The molecule has 2 nitrogen and oxygen atoms in total. The maximum Gasteiger partial charge on any atom is 0.0954 e. The first-order chi connectivity index (χ1) is 10.9. The Labute approximate surface area is 129 Å². The predicted octanol–water partition coefficient (Wildman–Crippen LogP) is 4.67. The normalized spacial score (nSPS) is 12.4. The third-order valence-corrected chi connectivity index (χ3v) is 4.03. The fraction of sp³-hybridized carbons (Fsp3) is 0.0500. The van der Waals surface area contributed by atoms with Crippen molar-refractivity contribution in [3.63, 3.8) is 0 Å². The van der Waals surface area contributed by atoms with Gasteiger partial charge in [-0.3, -0.25) is 0 Å². The zero-order valence-electron chi connectivity index (χ0n) is 12.1. The van der Waals surface area contributed by atoms with E-state index >= 15 is 0 Å². The Hall–Kier alpha value is -2.87. The van der Waals surface area contributed by atoms with Crippen molar-refractivity contribution in [3.8, 4) is 0 Å². The largest absolute Gasteiger partial charge is 0.326 e. The molecule has 2 heteroatoms. The number of fused-ring (bicyclic) bond motifs is 1. The topological polar surface area (TPSA) is 17.8 Å². The predicted molar refractivity (Wildman–Crippen MR) is 89.9 cm³/mol. The van der Waals surface area contributed by atoms with E-state index in [0.29, 0.717) is 0 Å². The molecule has 4 rings (SSSR count). The number of aromatic nitrogens is 2. The van der Waals surface area contributed by atoms with Crippen LogP contribution >= 0.6 is 0 Å². The van der Waals surface area contributed by atoms with Crippen LogP contribution in [0.4, 0.5) is 0 Å². The minimum Gasteiger partial charge on any atom is -0.326 e. The van der Waals surface area contributed by atoms with Gasteiger partial charge in [-0.15, -0.1) is 0 Å². The Morgan fingerprint density at radius 2 is 1.50 bits per heavy atom. The molecule has 1 aromatic heterocycles. The van der Waals surface area contributed by atoms with E-state index in [1.54, 1.807) is 0 Å². The summed E-state index contributed by atoms with van der Waals surface area (Å²) in [5, 5.41) is 2.53. The van der Waals surface area contributed by atoms with Gasteiger partial charge in [0.1, 0.15) is 0 Å². The first kappa shape index (κ1) is 12.8. The fourth-order valence-corrected chi connectivity index (χ4v) is 2.97. The van der Waals surface area contributed by atoms with Crippen molar-refractivity contribution >= 4 is 10.8 Å². The van der Waals surface area contributed by atoms with Crippen LogP contribution in [0.3, 0.4) is 0 Å². The van der Waals surface area contributed by atoms with Gasteiger partial charge < -0.3 is 4.57 Å². The van der Waals surface area contributed by atoms with Crippen LogP contribution in [0.25, 0.3) is 10.8 Å². The Morgan fingerprint density at radius 1 is 0.727 bits per heavy atom. The highest BCUT2D eigenvalue weighted by atomic mass is 15.0. The van der Waals surface area contributed by atoms with Crippen molar-refractivity contribution in [2.24, 2.45) is 0 Å². The maximum atomic E-state index is 4.22. The second kappa shape index (κ2) is 5.49. The lowest BCUT2D eigenvalue weighted by atomic mass is 9.96. The molecule has 106 valence electrons. The van der Waals surface area contributed by atoms with Crippen molar-refractivity contribution in [1.82, 2.24) is 9.55 Å². The average Bonchev–Trinajstić information content (AvgIpc) is 3.10. The molecule has 0 amide bonds. The molecule has 1 atom stereocenters. The highest BCUT2D eigenvalue weighted by molar-refractivity contribution is 5.83. The Bertz CT molecular complexity index is 880. The van der Waals surface area contributed by atoms with Crippen LogP contribution in [-0.2, 0) is 0 Å². The maximum absolute atomic E-state index is 4.22. The zero-order valence-corrected chi connectivity index (χ0v) is 12.1. The van der Waals surface area contributed by atoms with E-state index in [4.69, 9.17) is 0 Å². The molecule has 0 fully saturated rings. The van der Waals surface area contributed by atoms with E-state index in [-0.39, 0.29) is 6.04 Å². The smallest absolute Gasteiger partial charge is 0.0954 e. The molecular weight excluding hydrogens is 268 g/mol. The van der Waals surface area contributed by atoms with E-state index in [2.05, 4.69) is 82.3 Å². The lowest BCUT2D eigenvalue weighted by Crippen LogP contribution is -2.10. The van der Waals surface area contributed by atoms with E-state index in [1.807, 2.05) is 18.7 Å². The second-order valence-electron chi connectivity index (χ2n) is 5.43. The molecular formula is C20H16N2. The van der Waals surface area contributed by atoms with E-state index in [0.717, 1.165) is 0 Å². The number of benzene rings is 3. The molecule has 4 aromatic rings. The van der Waals surface area contributed by atoms with Gasteiger partial charge in [0, 0.05) is 12.4 Å². The summed E-state index contributed by atoms with van der Waals surface area (Å²) >= 11 is 0. The third-order valence-electron chi connectivity index (χ3n) is 4.03. The van der Waals surface area contributed by atoms with Gasteiger partial charge in [0.2, 0.25) is 0 Å². The van der Waals surface area contributed by atoms with Crippen molar-refractivity contribution in [1.29, 1.82) is 0 Å². The van der Waals surface area contributed by atoms with Crippen LogP contribution in [-0.4, -0.2) is 9.55 Å². The fourth-order valence-electron chi connectivity index (χ4n) is 2.97. The Kier molecular flexibility index (Phi) is 3.20. The number of hydrogen-bond acceptors (Lipinski definition) is 1. The monoisotopic (exact) mass is 284 g/mol. The lowest BCUT2D eigenvalue weighted by molar-refractivity contribution is 0.677. The molecule has 0 aliphatic heterocycles. The van der Waals surface area contributed by atoms with Gasteiger partial charge >= 0.3 is 0 Å². The summed E-state index contributed by atoms with van der Waals surface area (Å²) < 4.78 is 2.15. The second-order valence-corrected chi connectivity index (χ2v) is 5.43. The summed E-state index contributed by atoms with van der Waals surface area (Å²) in [4.78, 5) is 4.22. The Morgan fingerprint density at radius 3 is 2.27 bits per heavy atom. The number of imidazole rings is 1. The summed E-state index contributed by atoms with van der Waals surface area (Å²) in [5.41, 5.74) is 2.53. The lowest BCUT2D eigenvalue weighted by Gasteiger charge is -2.20. The van der Waals surface area contributed by atoms with Crippen molar-refractivity contribution in [2.45, 2.75) is 6.04 Å². The molecule has 0 radical (unpaired) electrons. The van der Waals surface area contributed by atoms with Gasteiger partial charge in [0.15, 0.2) is 0 Å². The molecule has 0 spiro atoms. The van der Waals surface area contributed by atoms with E-state index < -0.39 is 0 Å². The van der Waals surface area contributed by atoms with Crippen molar-refractivity contribution in [3.05, 3.63) is 103 Å². The third kappa shape index (κ3) is 2.29. The molecule has 0 saturated carbocycles. The van der Waals surface area contributed by atoms with Crippen LogP contribution in [0, 0.1) is 0 Å². The van der Waals surface area contributed by atoms with Gasteiger partial charge in [-0.2, -0.15) is 0 Å². The highest BCUT2D eigenvalue weighted by Gasteiger charge is 2.15. The van der Waals surface area contributed by atoms with Gasteiger partial charge in [0.25, 0.3) is 0 Å². The van der Waals surface area contributed by atoms with E-state index in [9.17, 15) is 0 Å². The van der Waals surface area contributed by atoms with Gasteiger partial charge in [-0.1, -0.05) is 66.7 Å². The van der Waals surface area contributed by atoms with Crippen LogP contribution in [0.1, 0.15) is 17.2 Å². The Balaban J connectivity index is 1.89. The average molecular weight is 284 g/mol. The molecule has 22 heavy (non-hydrogen) atoms. The van der Waals surface area contributed by atoms with Crippen molar-refractivity contribution in [2.75, 3.05) is 0 Å². The highest BCUT2D eigenvalue weighted by Crippen LogP contribution is 2.28. The molecule has 0 aliphatic rings. The van der Waals surface area contributed by atoms with E-state index in [1.165, 1.54) is 21.9 Å². The SMILES string of the molecule is c1ccc(C(c2ccc3ccccc3c2)n2ccnc2)cc1.